The molecule has 7 atom stereocenters. The van der Waals surface area contributed by atoms with Crippen molar-refractivity contribution < 1.29 is 9.59 Å². The molecule has 7 unspecified atom stereocenters. The lowest BCUT2D eigenvalue weighted by molar-refractivity contribution is -0.132. The van der Waals surface area contributed by atoms with Crippen molar-refractivity contribution in [2.24, 2.45) is 23.7 Å². The highest BCUT2D eigenvalue weighted by atomic mass is 16.2. The second-order valence-electron chi connectivity index (χ2n) is 10.4. The predicted molar refractivity (Wildman–Crippen MR) is 125 cm³/mol. The van der Waals surface area contributed by atoms with E-state index in [1.54, 1.807) is 0 Å². The predicted octanol–water partition coefficient (Wildman–Crippen LogP) is 2.09. The number of carbonyl (C=O) groups is 2. The average molecular weight is 442 g/mol. The van der Waals surface area contributed by atoms with E-state index >= 15 is 0 Å². The monoisotopic (exact) mass is 441 g/mol. The molecular formula is C25H39N5O2. The first-order valence-corrected chi connectivity index (χ1v) is 12.2. The van der Waals surface area contributed by atoms with Crippen LogP contribution in [0, 0.1) is 30.6 Å². The van der Waals surface area contributed by atoms with Crippen LogP contribution in [0.3, 0.4) is 0 Å². The fourth-order valence-electron chi connectivity index (χ4n) is 5.76. The second-order valence-corrected chi connectivity index (χ2v) is 10.4. The second kappa shape index (κ2) is 9.49. The summed E-state index contributed by atoms with van der Waals surface area (Å²) < 4.78 is 0. The first kappa shape index (κ1) is 23.2. The van der Waals surface area contributed by atoms with E-state index in [1.807, 2.05) is 6.92 Å². The van der Waals surface area contributed by atoms with Crippen molar-refractivity contribution in [2.75, 3.05) is 13.1 Å². The number of hydrazine groups is 1. The summed E-state index contributed by atoms with van der Waals surface area (Å²) in [5, 5.41) is 12.3. The molecule has 7 heteroatoms. The van der Waals surface area contributed by atoms with Gasteiger partial charge in [-0.25, -0.2) is 5.01 Å². The first-order valence-electron chi connectivity index (χ1n) is 12.2. The SMILES string of the molecule is Cc1ccc(C2CC(C(=O)NCC3C(=O)NC(C)CC3C)C3CNN(C(C)C)C3N2)cc1. The summed E-state index contributed by atoms with van der Waals surface area (Å²) in [6.07, 6.45) is 1.81. The number of amides is 2. The fraction of sp³-hybridized carbons (Fsp3) is 0.680. The molecule has 3 heterocycles. The van der Waals surface area contributed by atoms with Gasteiger partial charge in [-0.1, -0.05) is 36.8 Å². The minimum absolute atomic E-state index is 0.0609. The van der Waals surface area contributed by atoms with E-state index in [-0.39, 0.29) is 53.7 Å². The molecule has 0 radical (unpaired) electrons. The Morgan fingerprint density at radius 3 is 2.56 bits per heavy atom. The van der Waals surface area contributed by atoms with E-state index in [4.69, 9.17) is 0 Å². The molecule has 0 aromatic heterocycles. The number of rotatable bonds is 5. The molecule has 3 saturated heterocycles. The quantitative estimate of drug-likeness (QED) is 0.562. The summed E-state index contributed by atoms with van der Waals surface area (Å²) in [5.74, 6) is 0.330. The van der Waals surface area contributed by atoms with E-state index in [0.717, 1.165) is 19.4 Å². The van der Waals surface area contributed by atoms with Crippen LogP contribution in [0.5, 0.6) is 0 Å². The number of aryl methyl sites for hydroxylation is 1. The molecule has 32 heavy (non-hydrogen) atoms. The van der Waals surface area contributed by atoms with E-state index < -0.39 is 0 Å². The summed E-state index contributed by atoms with van der Waals surface area (Å²) in [5.41, 5.74) is 5.97. The van der Waals surface area contributed by atoms with Gasteiger partial charge in [0.2, 0.25) is 11.8 Å². The van der Waals surface area contributed by atoms with Crippen LogP contribution >= 0.6 is 0 Å². The van der Waals surface area contributed by atoms with E-state index in [1.165, 1.54) is 11.1 Å². The van der Waals surface area contributed by atoms with Crippen LogP contribution in [-0.2, 0) is 9.59 Å². The van der Waals surface area contributed by atoms with Gasteiger partial charge in [0.15, 0.2) is 0 Å². The number of benzene rings is 1. The zero-order valence-corrected chi connectivity index (χ0v) is 20.0. The van der Waals surface area contributed by atoms with Gasteiger partial charge in [0.05, 0.1) is 12.1 Å². The molecule has 4 rings (SSSR count). The normalized spacial score (nSPS) is 35.4. The van der Waals surface area contributed by atoms with Gasteiger partial charge in [-0.05, 0) is 52.0 Å². The summed E-state index contributed by atoms with van der Waals surface area (Å²) in [7, 11) is 0. The lowest BCUT2D eigenvalue weighted by Crippen LogP contribution is -2.58. The highest BCUT2D eigenvalue weighted by Crippen LogP contribution is 2.38. The molecule has 0 saturated carbocycles. The van der Waals surface area contributed by atoms with Crippen molar-refractivity contribution in [3.05, 3.63) is 35.4 Å². The van der Waals surface area contributed by atoms with Gasteiger partial charge in [0.25, 0.3) is 0 Å². The number of fused-ring (bicyclic) bond motifs is 1. The summed E-state index contributed by atoms with van der Waals surface area (Å²) in [6, 6.07) is 9.25. The van der Waals surface area contributed by atoms with Gasteiger partial charge in [-0.2, -0.15) is 0 Å². The Bertz CT molecular complexity index is 826. The van der Waals surface area contributed by atoms with E-state index in [2.05, 4.69) is 78.3 Å². The summed E-state index contributed by atoms with van der Waals surface area (Å²) in [6.45, 7) is 11.8. The number of hydrogen-bond acceptors (Lipinski definition) is 5. The van der Waals surface area contributed by atoms with Crippen molar-refractivity contribution in [1.82, 2.24) is 26.4 Å². The van der Waals surface area contributed by atoms with Crippen LogP contribution < -0.4 is 21.4 Å². The van der Waals surface area contributed by atoms with Crippen LogP contribution in [0.4, 0.5) is 0 Å². The molecule has 0 aliphatic carbocycles. The zero-order valence-electron chi connectivity index (χ0n) is 20.0. The third-order valence-electron chi connectivity index (χ3n) is 7.60. The maximum Gasteiger partial charge on any atom is 0.225 e. The molecule has 0 spiro atoms. The van der Waals surface area contributed by atoms with Crippen LogP contribution in [0.2, 0.25) is 0 Å². The summed E-state index contributed by atoms with van der Waals surface area (Å²) >= 11 is 0. The van der Waals surface area contributed by atoms with Crippen molar-refractivity contribution >= 4 is 11.8 Å². The Balaban J connectivity index is 1.49. The topological polar surface area (TPSA) is 85.5 Å². The zero-order chi connectivity index (χ0) is 23.0. The standard InChI is InChI=1S/C25H39N5O2/c1-14(2)30-23-21(13-27-30)19(11-22(29-23)18-8-6-15(3)7-9-18)24(31)26-12-20-16(4)10-17(5)28-25(20)32/h6-9,14,16-17,19-23,27,29H,10-13H2,1-5H3,(H,26,31)(H,28,32). The Kier molecular flexibility index (Phi) is 6.89. The van der Waals surface area contributed by atoms with Gasteiger partial charge in [-0.15, -0.1) is 0 Å². The highest BCUT2D eigenvalue weighted by Gasteiger charge is 2.48. The molecule has 3 fully saturated rings. The Hall–Kier alpha value is -1.96. The number of piperidine rings is 2. The maximum absolute atomic E-state index is 13.5. The minimum Gasteiger partial charge on any atom is -0.355 e. The minimum atomic E-state index is -0.158. The van der Waals surface area contributed by atoms with Gasteiger partial charge < -0.3 is 10.6 Å². The number of carbonyl (C=O) groups excluding carboxylic acids is 2. The van der Waals surface area contributed by atoms with Crippen molar-refractivity contribution in [3.8, 4) is 0 Å². The number of nitrogens with zero attached hydrogens (tertiary/aromatic N) is 1. The molecule has 4 N–H and O–H groups in total. The van der Waals surface area contributed by atoms with Crippen LogP contribution in [-0.4, -0.2) is 48.2 Å². The third kappa shape index (κ3) is 4.70. The fourth-order valence-corrected chi connectivity index (χ4v) is 5.76. The summed E-state index contributed by atoms with van der Waals surface area (Å²) in [4.78, 5) is 25.9. The Labute approximate surface area is 192 Å². The molecule has 0 bridgehead atoms. The van der Waals surface area contributed by atoms with Gasteiger partial charge >= 0.3 is 0 Å². The average Bonchev–Trinajstić information content (AvgIpc) is 3.17. The molecular weight excluding hydrogens is 402 g/mol. The molecule has 7 nitrogen and oxygen atoms in total. The van der Waals surface area contributed by atoms with Crippen LogP contribution in [0.25, 0.3) is 0 Å². The van der Waals surface area contributed by atoms with Crippen molar-refractivity contribution in [3.63, 3.8) is 0 Å². The molecule has 2 amide bonds. The van der Waals surface area contributed by atoms with E-state index in [9.17, 15) is 9.59 Å². The van der Waals surface area contributed by atoms with Gasteiger partial charge in [0.1, 0.15) is 0 Å². The number of hydrogen-bond donors (Lipinski definition) is 4. The third-order valence-corrected chi connectivity index (χ3v) is 7.60. The number of nitrogens with one attached hydrogen (secondary N) is 4. The largest absolute Gasteiger partial charge is 0.355 e. The van der Waals surface area contributed by atoms with Crippen molar-refractivity contribution in [1.29, 1.82) is 0 Å². The first-order chi connectivity index (χ1) is 15.2. The Morgan fingerprint density at radius 1 is 1.19 bits per heavy atom. The van der Waals surface area contributed by atoms with Crippen LogP contribution in [0.1, 0.15) is 57.7 Å². The smallest absolute Gasteiger partial charge is 0.225 e. The highest BCUT2D eigenvalue weighted by molar-refractivity contribution is 5.83. The Morgan fingerprint density at radius 2 is 1.91 bits per heavy atom. The molecule has 176 valence electrons. The molecule has 3 aliphatic heterocycles. The van der Waals surface area contributed by atoms with Gasteiger partial charge in [0, 0.05) is 43.1 Å². The molecule has 1 aromatic carbocycles. The lowest BCUT2D eigenvalue weighted by Gasteiger charge is -2.42. The maximum atomic E-state index is 13.5. The van der Waals surface area contributed by atoms with E-state index in [0.29, 0.717) is 12.6 Å². The van der Waals surface area contributed by atoms with Gasteiger partial charge in [-0.3, -0.25) is 20.3 Å². The molecule has 1 aromatic rings. The lowest BCUT2D eigenvalue weighted by atomic mass is 9.78. The van der Waals surface area contributed by atoms with Crippen LogP contribution in [0.15, 0.2) is 24.3 Å². The van der Waals surface area contributed by atoms with Crippen molar-refractivity contribution in [2.45, 2.75) is 71.8 Å². The molecule has 3 aliphatic rings.